The highest BCUT2D eigenvalue weighted by atomic mass is 16.5. The summed E-state index contributed by atoms with van der Waals surface area (Å²) >= 11 is 0. The van der Waals surface area contributed by atoms with E-state index in [4.69, 9.17) is 14.6 Å². The molecule has 3 aromatic carbocycles. The van der Waals surface area contributed by atoms with Crippen molar-refractivity contribution in [3.8, 4) is 11.5 Å². The zero-order valence-electron chi connectivity index (χ0n) is 33.8. The van der Waals surface area contributed by atoms with Gasteiger partial charge in [0.05, 0.1) is 37.2 Å². The highest BCUT2D eigenvalue weighted by Gasteiger charge is 2.39. The molecule has 58 heavy (non-hydrogen) atoms. The first-order valence-corrected chi connectivity index (χ1v) is 20.6. The summed E-state index contributed by atoms with van der Waals surface area (Å²) in [5.41, 5.74) is 4.41. The van der Waals surface area contributed by atoms with Gasteiger partial charge in [-0.3, -0.25) is 29.3 Å². The van der Waals surface area contributed by atoms with Crippen molar-refractivity contribution in [1.82, 2.24) is 29.8 Å². The van der Waals surface area contributed by atoms with Crippen LogP contribution in [-0.4, -0.2) is 121 Å². The van der Waals surface area contributed by atoms with Gasteiger partial charge in [0.1, 0.15) is 11.5 Å². The number of urea groups is 1. The van der Waals surface area contributed by atoms with Gasteiger partial charge in [0.15, 0.2) is 0 Å². The summed E-state index contributed by atoms with van der Waals surface area (Å²) in [5.74, 6) is 0.555. The van der Waals surface area contributed by atoms with Crippen molar-refractivity contribution in [2.75, 3.05) is 83.3 Å². The number of aromatic nitrogens is 2. The van der Waals surface area contributed by atoms with Crippen molar-refractivity contribution in [3.63, 3.8) is 0 Å². The predicted octanol–water partition coefficient (Wildman–Crippen LogP) is 5.72. The number of ether oxygens (including phenoxy) is 2. The van der Waals surface area contributed by atoms with Crippen molar-refractivity contribution >= 4 is 46.0 Å². The van der Waals surface area contributed by atoms with Crippen LogP contribution in [0.25, 0.3) is 10.9 Å². The molecule has 0 radical (unpaired) electrons. The summed E-state index contributed by atoms with van der Waals surface area (Å²) in [6.07, 6.45) is 8.67. The predicted molar refractivity (Wildman–Crippen MR) is 222 cm³/mol. The number of fused-ring (bicyclic) bond motifs is 1. The van der Waals surface area contributed by atoms with Crippen molar-refractivity contribution in [3.05, 3.63) is 77.5 Å². The van der Waals surface area contributed by atoms with Crippen molar-refractivity contribution in [2.45, 2.75) is 57.9 Å². The van der Waals surface area contributed by atoms with E-state index in [0.717, 1.165) is 107 Å². The molecule has 2 N–H and O–H groups in total. The van der Waals surface area contributed by atoms with Gasteiger partial charge in [0, 0.05) is 81.0 Å². The van der Waals surface area contributed by atoms with Gasteiger partial charge in [-0.2, -0.15) is 5.10 Å². The normalized spacial score (nSPS) is 19.4. The molecule has 1 aromatic heterocycles. The number of imide groups is 1. The monoisotopic (exact) mass is 790 g/mol. The lowest BCUT2D eigenvalue weighted by Gasteiger charge is -2.47. The highest BCUT2D eigenvalue weighted by Crippen LogP contribution is 2.42. The average molecular weight is 791 g/mol. The van der Waals surface area contributed by atoms with Crippen LogP contribution in [0.15, 0.2) is 60.8 Å². The van der Waals surface area contributed by atoms with Crippen LogP contribution in [0.5, 0.6) is 11.5 Å². The maximum Gasteiger partial charge on any atom is 0.328 e. The van der Waals surface area contributed by atoms with Crippen LogP contribution in [0.2, 0.25) is 0 Å². The molecule has 4 aromatic rings. The molecule has 14 nitrogen and oxygen atoms in total. The van der Waals surface area contributed by atoms with Gasteiger partial charge >= 0.3 is 6.03 Å². The third-order valence-corrected chi connectivity index (χ3v) is 12.8. The number of likely N-dealkylation sites (tertiary alicyclic amines) is 3. The SMILES string of the molecule is COc1cc2nn(C3CCN(CCN4CCC5(CC4)CCN(C(=O)c4ccc(OC)c(N6CCC(=O)NC6=O)c4)CC5)CC3)cc2cc1NC(=O)c1cccc(C)c1. The molecule has 8 rings (SSSR count). The summed E-state index contributed by atoms with van der Waals surface area (Å²) in [6.45, 7) is 10.0. The molecule has 5 heterocycles. The van der Waals surface area contributed by atoms with E-state index in [0.29, 0.717) is 40.0 Å². The summed E-state index contributed by atoms with van der Waals surface area (Å²) in [5, 5.41) is 11.3. The topological polar surface area (TPSA) is 142 Å². The Morgan fingerprint density at radius 2 is 1.53 bits per heavy atom. The molecular formula is C44H54N8O6. The third kappa shape index (κ3) is 8.39. The van der Waals surface area contributed by atoms with E-state index in [2.05, 4.69) is 31.3 Å². The van der Waals surface area contributed by atoms with E-state index in [9.17, 15) is 19.2 Å². The minimum absolute atomic E-state index is 0.0387. The fourth-order valence-electron chi connectivity index (χ4n) is 9.14. The number of carbonyl (C=O) groups is 4. The zero-order chi connectivity index (χ0) is 40.4. The van der Waals surface area contributed by atoms with E-state index in [1.807, 2.05) is 48.2 Å². The molecule has 0 saturated carbocycles. The Morgan fingerprint density at radius 1 is 0.828 bits per heavy atom. The summed E-state index contributed by atoms with van der Waals surface area (Å²) < 4.78 is 13.2. The van der Waals surface area contributed by atoms with Gasteiger partial charge in [-0.1, -0.05) is 17.7 Å². The van der Waals surface area contributed by atoms with E-state index in [1.165, 1.54) is 12.0 Å². The molecule has 4 aliphatic heterocycles. The smallest absolute Gasteiger partial charge is 0.328 e. The number of hydrogen-bond acceptors (Lipinski definition) is 9. The average Bonchev–Trinajstić information content (AvgIpc) is 3.66. The fraction of sp³-hybridized carbons (Fsp3) is 0.477. The minimum atomic E-state index is -0.504. The lowest BCUT2D eigenvalue weighted by Crippen LogP contribution is -2.50. The van der Waals surface area contributed by atoms with Gasteiger partial charge in [0.2, 0.25) is 5.91 Å². The van der Waals surface area contributed by atoms with E-state index in [-0.39, 0.29) is 36.1 Å². The number of nitrogens with one attached hydrogen (secondary N) is 2. The Balaban J connectivity index is 0.786. The zero-order valence-corrected chi connectivity index (χ0v) is 33.8. The number of benzene rings is 3. The number of methoxy groups -OCH3 is 2. The molecule has 5 amide bonds. The van der Waals surface area contributed by atoms with Crippen molar-refractivity contribution in [2.24, 2.45) is 5.41 Å². The summed E-state index contributed by atoms with van der Waals surface area (Å²) in [7, 11) is 3.14. The quantitative estimate of drug-likeness (QED) is 0.207. The molecule has 306 valence electrons. The molecule has 4 fully saturated rings. The Kier molecular flexibility index (Phi) is 11.4. The largest absolute Gasteiger partial charge is 0.495 e. The molecule has 0 atom stereocenters. The maximum absolute atomic E-state index is 13.7. The molecule has 0 aliphatic carbocycles. The van der Waals surface area contributed by atoms with Crippen LogP contribution in [0, 0.1) is 12.3 Å². The number of nitrogens with zero attached hydrogens (tertiary/aromatic N) is 6. The number of anilines is 2. The second-order valence-electron chi connectivity index (χ2n) is 16.4. The molecular weight excluding hydrogens is 737 g/mol. The Bertz CT molecular complexity index is 2180. The molecule has 4 aliphatic rings. The molecule has 0 unspecified atom stereocenters. The van der Waals surface area contributed by atoms with Crippen LogP contribution >= 0.6 is 0 Å². The van der Waals surface area contributed by atoms with Crippen LogP contribution in [0.3, 0.4) is 0 Å². The Morgan fingerprint density at radius 3 is 2.22 bits per heavy atom. The molecule has 0 bridgehead atoms. The van der Waals surface area contributed by atoms with E-state index in [1.54, 1.807) is 25.3 Å². The first kappa shape index (κ1) is 39.4. The number of rotatable bonds is 10. The second-order valence-corrected chi connectivity index (χ2v) is 16.4. The number of hydrogen-bond donors (Lipinski definition) is 2. The second kappa shape index (κ2) is 16.8. The van der Waals surface area contributed by atoms with Crippen LogP contribution in [0.1, 0.15) is 77.3 Å². The molecule has 1 spiro atoms. The highest BCUT2D eigenvalue weighted by molar-refractivity contribution is 6.07. The van der Waals surface area contributed by atoms with Crippen LogP contribution < -0.4 is 25.0 Å². The standard InChI is InChI=1S/C44H54N8O6/c1-30-5-4-6-31(25-30)41(54)45-36-26-33-29-52(47-35(33)28-39(36)58-3)34-9-16-48(17-10-34)23-24-49-19-12-44(13-20-49)14-21-50(22-15-44)42(55)32-7-8-38(57-2)37(27-32)51-18-11-40(53)46-43(51)56/h4-8,25-29,34H,9-24H2,1-3H3,(H,45,54)(H,46,53,56). The first-order chi connectivity index (χ1) is 28.1. The van der Waals surface area contributed by atoms with Gasteiger partial charge < -0.3 is 29.5 Å². The van der Waals surface area contributed by atoms with E-state index < -0.39 is 6.03 Å². The lowest BCUT2D eigenvalue weighted by atomic mass is 9.71. The van der Waals surface area contributed by atoms with Gasteiger partial charge in [0.25, 0.3) is 11.8 Å². The number of piperidine rings is 3. The third-order valence-electron chi connectivity index (χ3n) is 12.8. The summed E-state index contributed by atoms with van der Waals surface area (Å²) in [6, 6.07) is 16.4. The minimum Gasteiger partial charge on any atom is -0.495 e. The number of carbonyl (C=O) groups excluding carboxylic acids is 4. The maximum atomic E-state index is 13.7. The molecule has 14 heteroatoms. The van der Waals surface area contributed by atoms with Crippen LogP contribution in [0.4, 0.5) is 16.2 Å². The van der Waals surface area contributed by atoms with Crippen LogP contribution in [-0.2, 0) is 4.79 Å². The van der Waals surface area contributed by atoms with Gasteiger partial charge in [-0.05, 0) is 100 Å². The number of aryl methyl sites for hydroxylation is 1. The fourth-order valence-corrected chi connectivity index (χ4v) is 9.14. The molecule has 4 saturated heterocycles. The number of amides is 5. The Labute approximate surface area is 339 Å². The lowest BCUT2D eigenvalue weighted by molar-refractivity contribution is -0.120. The van der Waals surface area contributed by atoms with Crippen molar-refractivity contribution < 1.29 is 28.7 Å². The van der Waals surface area contributed by atoms with Gasteiger partial charge in [-0.25, -0.2) is 4.79 Å². The first-order valence-electron chi connectivity index (χ1n) is 20.6. The van der Waals surface area contributed by atoms with Gasteiger partial charge in [-0.15, -0.1) is 0 Å². The Hall–Kier alpha value is -5.47. The van der Waals surface area contributed by atoms with E-state index >= 15 is 0 Å². The summed E-state index contributed by atoms with van der Waals surface area (Å²) in [4.78, 5) is 59.5. The van der Waals surface area contributed by atoms with Crippen molar-refractivity contribution in [1.29, 1.82) is 0 Å².